The van der Waals surface area contributed by atoms with Crippen molar-refractivity contribution in [1.29, 1.82) is 0 Å². The molecule has 4 N–H and O–H groups in total. The minimum absolute atomic E-state index is 0.260. The highest BCUT2D eigenvalue weighted by atomic mass is 32.1. The standard InChI is InChI=1S/C11H13N3S/c1-13-7-3-5-9-4-2-6-10(8-9)14-11(12)15/h2,4,6,8,13H,7H2,1H3,(H3,12,14,15). The lowest BCUT2D eigenvalue weighted by Gasteiger charge is -2.02. The fourth-order valence-corrected chi connectivity index (χ4v) is 1.17. The van der Waals surface area contributed by atoms with Crippen LogP contribution in [-0.4, -0.2) is 18.7 Å². The first-order valence-corrected chi connectivity index (χ1v) is 4.93. The van der Waals surface area contributed by atoms with Gasteiger partial charge in [-0.05, 0) is 37.5 Å². The zero-order chi connectivity index (χ0) is 11.1. The van der Waals surface area contributed by atoms with Crippen LogP contribution in [0.4, 0.5) is 5.69 Å². The molecule has 3 nitrogen and oxygen atoms in total. The van der Waals surface area contributed by atoms with Crippen molar-refractivity contribution in [1.82, 2.24) is 5.32 Å². The second-order valence-corrected chi connectivity index (χ2v) is 3.34. The first kappa shape index (κ1) is 11.5. The van der Waals surface area contributed by atoms with E-state index in [1.165, 1.54) is 0 Å². The smallest absolute Gasteiger partial charge is 0.168 e. The topological polar surface area (TPSA) is 50.1 Å². The highest BCUT2D eigenvalue weighted by molar-refractivity contribution is 7.80. The molecular formula is C11H13N3S. The molecule has 0 saturated carbocycles. The lowest BCUT2D eigenvalue weighted by molar-refractivity contribution is 0.938. The third kappa shape index (κ3) is 4.45. The summed E-state index contributed by atoms with van der Waals surface area (Å²) < 4.78 is 0. The zero-order valence-corrected chi connectivity index (χ0v) is 9.32. The molecule has 0 spiro atoms. The molecule has 0 aliphatic heterocycles. The number of rotatable bonds is 2. The van der Waals surface area contributed by atoms with Gasteiger partial charge < -0.3 is 16.4 Å². The van der Waals surface area contributed by atoms with Gasteiger partial charge in [0.1, 0.15) is 0 Å². The lowest BCUT2D eigenvalue weighted by Crippen LogP contribution is -2.18. The average molecular weight is 219 g/mol. The number of anilines is 1. The minimum Gasteiger partial charge on any atom is -0.376 e. The molecule has 0 bridgehead atoms. The molecule has 0 aliphatic carbocycles. The number of nitrogens with one attached hydrogen (secondary N) is 2. The molecule has 1 aromatic rings. The Hall–Kier alpha value is -1.57. The fourth-order valence-electron chi connectivity index (χ4n) is 1.05. The molecule has 0 heterocycles. The molecule has 0 aliphatic rings. The normalized spacial score (nSPS) is 8.87. The third-order valence-electron chi connectivity index (χ3n) is 1.63. The van der Waals surface area contributed by atoms with Crippen LogP contribution in [-0.2, 0) is 0 Å². The van der Waals surface area contributed by atoms with Gasteiger partial charge in [0.2, 0.25) is 0 Å². The van der Waals surface area contributed by atoms with E-state index < -0.39 is 0 Å². The molecule has 0 saturated heterocycles. The fraction of sp³-hybridized carbons (Fsp3) is 0.182. The maximum Gasteiger partial charge on any atom is 0.168 e. The molecular weight excluding hydrogens is 206 g/mol. The summed E-state index contributed by atoms with van der Waals surface area (Å²) in [7, 11) is 1.86. The van der Waals surface area contributed by atoms with E-state index in [9.17, 15) is 0 Å². The Bertz CT molecular complexity index is 404. The van der Waals surface area contributed by atoms with E-state index in [1.807, 2.05) is 31.3 Å². The first-order chi connectivity index (χ1) is 7.22. The second-order valence-electron chi connectivity index (χ2n) is 2.90. The Kier molecular flexibility index (Phi) is 4.61. The lowest BCUT2D eigenvalue weighted by atomic mass is 10.2. The van der Waals surface area contributed by atoms with Crippen LogP contribution in [0.15, 0.2) is 24.3 Å². The van der Waals surface area contributed by atoms with Crippen molar-refractivity contribution in [2.75, 3.05) is 18.9 Å². The van der Waals surface area contributed by atoms with Crippen LogP contribution in [0.5, 0.6) is 0 Å². The van der Waals surface area contributed by atoms with Gasteiger partial charge in [0.25, 0.3) is 0 Å². The average Bonchev–Trinajstić information content (AvgIpc) is 2.18. The van der Waals surface area contributed by atoms with E-state index in [0.717, 1.165) is 11.3 Å². The summed E-state index contributed by atoms with van der Waals surface area (Å²) in [6.07, 6.45) is 0. The molecule has 0 fully saturated rings. The van der Waals surface area contributed by atoms with Gasteiger partial charge in [-0.1, -0.05) is 17.9 Å². The van der Waals surface area contributed by atoms with E-state index in [0.29, 0.717) is 6.54 Å². The van der Waals surface area contributed by atoms with Crippen molar-refractivity contribution in [3.63, 3.8) is 0 Å². The Balaban J connectivity index is 2.75. The van der Waals surface area contributed by atoms with E-state index >= 15 is 0 Å². The molecule has 4 heteroatoms. The Morgan fingerprint density at radius 2 is 2.33 bits per heavy atom. The number of thiocarbonyl (C=S) groups is 1. The van der Waals surface area contributed by atoms with Gasteiger partial charge in [-0.15, -0.1) is 0 Å². The molecule has 0 aromatic heterocycles. The summed E-state index contributed by atoms with van der Waals surface area (Å²) in [5.74, 6) is 6.00. The van der Waals surface area contributed by atoms with Crippen molar-refractivity contribution in [2.45, 2.75) is 0 Å². The molecule has 0 radical (unpaired) electrons. The highest BCUT2D eigenvalue weighted by Gasteiger charge is 1.93. The largest absolute Gasteiger partial charge is 0.376 e. The molecule has 15 heavy (non-hydrogen) atoms. The quantitative estimate of drug-likeness (QED) is 0.511. The summed E-state index contributed by atoms with van der Waals surface area (Å²) in [4.78, 5) is 0. The maximum atomic E-state index is 5.37. The number of nitrogens with two attached hydrogens (primary N) is 1. The number of hydrogen-bond acceptors (Lipinski definition) is 2. The molecule has 78 valence electrons. The first-order valence-electron chi connectivity index (χ1n) is 4.52. The molecule has 0 unspecified atom stereocenters. The number of benzene rings is 1. The molecule has 0 amide bonds. The summed E-state index contributed by atoms with van der Waals surface area (Å²) in [6, 6.07) is 7.64. The van der Waals surface area contributed by atoms with E-state index in [2.05, 4.69) is 22.5 Å². The van der Waals surface area contributed by atoms with E-state index in [4.69, 9.17) is 18.0 Å². The van der Waals surface area contributed by atoms with E-state index in [-0.39, 0.29) is 5.11 Å². The summed E-state index contributed by atoms with van der Waals surface area (Å²) in [5, 5.41) is 6.08. The van der Waals surface area contributed by atoms with Crippen molar-refractivity contribution in [3.05, 3.63) is 29.8 Å². The van der Waals surface area contributed by atoms with Crippen molar-refractivity contribution < 1.29 is 0 Å². The van der Waals surface area contributed by atoms with Crippen molar-refractivity contribution in [3.8, 4) is 11.8 Å². The highest BCUT2D eigenvalue weighted by Crippen LogP contribution is 2.08. The predicted molar refractivity (Wildman–Crippen MR) is 67.7 cm³/mol. The van der Waals surface area contributed by atoms with Crippen LogP contribution in [0.1, 0.15) is 5.56 Å². The van der Waals surface area contributed by atoms with Gasteiger partial charge in [0.05, 0.1) is 6.54 Å². The summed E-state index contributed by atoms with van der Waals surface area (Å²) >= 11 is 4.75. The van der Waals surface area contributed by atoms with Gasteiger partial charge in [0, 0.05) is 11.3 Å². The van der Waals surface area contributed by atoms with Crippen LogP contribution >= 0.6 is 12.2 Å². The molecule has 1 rings (SSSR count). The van der Waals surface area contributed by atoms with Crippen LogP contribution in [0.3, 0.4) is 0 Å². The number of hydrogen-bond donors (Lipinski definition) is 3. The van der Waals surface area contributed by atoms with Crippen molar-refractivity contribution >= 4 is 23.0 Å². The van der Waals surface area contributed by atoms with Crippen LogP contribution < -0.4 is 16.4 Å². The third-order valence-corrected chi connectivity index (χ3v) is 1.73. The zero-order valence-electron chi connectivity index (χ0n) is 8.50. The van der Waals surface area contributed by atoms with Crippen LogP contribution in [0, 0.1) is 11.8 Å². The van der Waals surface area contributed by atoms with Gasteiger partial charge in [0.15, 0.2) is 5.11 Å². The Morgan fingerprint density at radius 3 is 3.00 bits per heavy atom. The van der Waals surface area contributed by atoms with Gasteiger partial charge in [-0.25, -0.2) is 0 Å². The predicted octanol–water partition coefficient (Wildman–Crippen LogP) is 0.913. The van der Waals surface area contributed by atoms with Crippen molar-refractivity contribution in [2.24, 2.45) is 5.73 Å². The summed E-state index contributed by atoms with van der Waals surface area (Å²) in [5.41, 5.74) is 7.17. The van der Waals surface area contributed by atoms with Gasteiger partial charge in [-0.2, -0.15) is 0 Å². The van der Waals surface area contributed by atoms with Gasteiger partial charge in [-0.3, -0.25) is 0 Å². The van der Waals surface area contributed by atoms with E-state index in [1.54, 1.807) is 0 Å². The Labute approximate surface area is 95.1 Å². The SMILES string of the molecule is CNCC#Cc1cccc(NC(N)=S)c1. The molecule has 1 aromatic carbocycles. The second kappa shape index (κ2) is 6.02. The maximum absolute atomic E-state index is 5.37. The monoisotopic (exact) mass is 219 g/mol. The van der Waals surface area contributed by atoms with Gasteiger partial charge >= 0.3 is 0 Å². The minimum atomic E-state index is 0.260. The van der Waals surface area contributed by atoms with Crippen LogP contribution in [0.25, 0.3) is 0 Å². The summed E-state index contributed by atoms with van der Waals surface area (Å²) in [6.45, 7) is 0.674. The van der Waals surface area contributed by atoms with Crippen LogP contribution in [0.2, 0.25) is 0 Å². The Morgan fingerprint density at radius 1 is 1.53 bits per heavy atom. The molecule has 0 atom stereocenters.